The summed E-state index contributed by atoms with van der Waals surface area (Å²) in [6.45, 7) is 7.35. The highest BCUT2D eigenvalue weighted by Crippen LogP contribution is 2.37. The van der Waals surface area contributed by atoms with E-state index in [1.807, 2.05) is 0 Å². The lowest BCUT2D eigenvalue weighted by molar-refractivity contribution is -0.154. The van der Waals surface area contributed by atoms with E-state index in [1.54, 1.807) is 34.6 Å². The third kappa shape index (κ3) is 5.89. The van der Waals surface area contributed by atoms with Gasteiger partial charge in [0.15, 0.2) is 30.0 Å². The summed E-state index contributed by atoms with van der Waals surface area (Å²) in [5.41, 5.74) is 3.96. The van der Waals surface area contributed by atoms with Crippen LogP contribution in [0.1, 0.15) is 46.7 Å². The van der Waals surface area contributed by atoms with Crippen molar-refractivity contribution in [1.29, 1.82) is 0 Å². The molecule has 0 bridgehead atoms. The van der Waals surface area contributed by atoms with Gasteiger partial charge < -0.3 is 24.7 Å². The largest absolute Gasteiger partial charge is 0.509 e. The monoisotopic (exact) mass is 507 g/mol. The molecule has 0 radical (unpaired) electrons. The van der Waals surface area contributed by atoms with Crippen molar-refractivity contribution < 1.29 is 46.1 Å². The van der Waals surface area contributed by atoms with Crippen LogP contribution < -0.4 is 5.73 Å². The molecule has 2 unspecified atom stereocenters. The molecule has 1 fully saturated rings. The van der Waals surface area contributed by atoms with Gasteiger partial charge in [-0.25, -0.2) is 24.1 Å². The predicted octanol–water partition coefficient (Wildman–Crippen LogP) is 3.18. The summed E-state index contributed by atoms with van der Waals surface area (Å²) in [5.74, 6) is -3.25. The Morgan fingerprint density at radius 2 is 1.89 bits per heavy atom. The van der Waals surface area contributed by atoms with Crippen LogP contribution in [0.3, 0.4) is 0 Å². The van der Waals surface area contributed by atoms with Crippen LogP contribution in [-0.4, -0.2) is 62.2 Å². The Morgan fingerprint density at radius 3 is 2.46 bits per heavy atom. The number of hydrogen-bond acceptors (Lipinski definition) is 10. The van der Waals surface area contributed by atoms with Gasteiger partial charge in [0.2, 0.25) is 5.82 Å². The van der Waals surface area contributed by atoms with Crippen molar-refractivity contribution in [3.63, 3.8) is 0 Å². The molecule has 0 aliphatic carbocycles. The number of nitrogen functional groups attached to an aromatic ring is 1. The molecule has 0 saturated carbocycles. The molecule has 4 atom stereocenters. The first-order chi connectivity index (χ1) is 16.1. The van der Waals surface area contributed by atoms with Gasteiger partial charge >= 0.3 is 18.3 Å². The van der Waals surface area contributed by atoms with Gasteiger partial charge in [0.25, 0.3) is 0 Å². The van der Waals surface area contributed by atoms with Gasteiger partial charge in [0.05, 0.1) is 12.2 Å². The zero-order valence-corrected chi connectivity index (χ0v) is 19.5. The van der Waals surface area contributed by atoms with Crippen LogP contribution in [0.5, 0.6) is 0 Å². The maximum absolute atomic E-state index is 15.6. The number of aromatic nitrogens is 4. The average molecular weight is 507 g/mol. The topological polar surface area (TPSA) is 141 Å². The number of nitrogens with two attached hydrogens (primary N) is 1. The maximum atomic E-state index is 15.6. The molecule has 194 valence electrons. The smallest absolute Gasteiger partial charge is 0.463 e. The fourth-order valence-electron chi connectivity index (χ4n) is 3.16. The van der Waals surface area contributed by atoms with E-state index in [0.29, 0.717) is 0 Å². The van der Waals surface area contributed by atoms with Crippen molar-refractivity contribution in [3.05, 3.63) is 12.2 Å². The molecular formula is C20H25F4N5O6. The highest BCUT2D eigenvalue weighted by molar-refractivity contribution is 5.81. The summed E-state index contributed by atoms with van der Waals surface area (Å²) in [7, 11) is 0. The third-order valence-corrected chi connectivity index (χ3v) is 4.73. The first-order valence-corrected chi connectivity index (χ1v) is 10.5. The summed E-state index contributed by atoms with van der Waals surface area (Å²) in [6, 6.07) is 0. The highest BCUT2D eigenvalue weighted by atomic mass is 19.4. The lowest BCUT2D eigenvalue weighted by atomic mass is 10.1. The highest BCUT2D eigenvalue weighted by Gasteiger charge is 2.50. The van der Waals surface area contributed by atoms with Gasteiger partial charge in [0, 0.05) is 0 Å². The molecule has 35 heavy (non-hydrogen) atoms. The number of hydrogen-bond donors (Lipinski definition) is 1. The van der Waals surface area contributed by atoms with Gasteiger partial charge in [0.1, 0.15) is 23.8 Å². The Morgan fingerprint density at radius 1 is 1.23 bits per heavy atom. The van der Waals surface area contributed by atoms with Crippen LogP contribution in [0.15, 0.2) is 6.33 Å². The Hall–Kier alpha value is -3.23. The zero-order valence-electron chi connectivity index (χ0n) is 19.5. The number of imidazole rings is 1. The fourth-order valence-corrected chi connectivity index (χ4v) is 3.16. The summed E-state index contributed by atoms with van der Waals surface area (Å²) in [6.07, 6.45) is -11.9. The molecule has 11 nitrogen and oxygen atoms in total. The van der Waals surface area contributed by atoms with E-state index in [0.717, 1.165) is 10.9 Å². The molecule has 2 N–H and O–H groups in total. The molecule has 3 rings (SSSR count). The van der Waals surface area contributed by atoms with Crippen molar-refractivity contribution in [2.24, 2.45) is 5.92 Å². The standard InChI is InChI=1S/C20H25F4N5O6/c1-8(2)16(30)32-6-9-12(34-18(31)35-19(3,4)5)10(21)15(33-9)29-7-26-11-13(25)27-17(20(22,23)24)28-14(11)29/h7-10,12,15H,6H2,1-5H3,(H2,25,27,28)/t9-,10?,12?,15-/m1/s1. The van der Waals surface area contributed by atoms with Crippen LogP contribution >= 0.6 is 0 Å². The quantitative estimate of drug-likeness (QED) is 0.474. The first kappa shape index (κ1) is 26.4. The zero-order chi connectivity index (χ0) is 26.3. The van der Waals surface area contributed by atoms with Crippen molar-refractivity contribution in [1.82, 2.24) is 19.5 Å². The number of nitrogens with zero attached hydrogens (tertiary/aromatic N) is 4. The molecule has 2 aromatic rings. The second-order valence-corrected chi connectivity index (χ2v) is 9.10. The molecule has 1 aliphatic heterocycles. The number of ether oxygens (including phenoxy) is 4. The lowest BCUT2D eigenvalue weighted by Crippen LogP contribution is -2.38. The predicted molar refractivity (Wildman–Crippen MR) is 110 cm³/mol. The van der Waals surface area contributed by atoms with Crippen molar-refractivity contribution in [3.8, 4) is 0 Å². The molecule has 1 aliphatic rings. The number of halogens is 4. The summed E-state index contributed by atoms with van der Waals surface area (Å²) in [4.78, 5) is 34.6. The van der Waals surface area contributed by atoms with Gasteiger partial charge in [-0.3, -0.25) is 9.36 Å². The number of carbonyl (C=O) groups excluding carboxylic acids is 2. The van der Waals surface area contributed by atoms with E-state index < -0.39 is 78.3 Å². The number of anilines is 1. The van der Waals surface area contributed by atoms with Crippen molar-refractivity contribution >= 4 is 29.1 Å². The second-order valence-electron chi connectivity index (χ2n) is 9.10. The van der Waals surface area contributed by atoms with E-state index in [9.17, 15) is 22.8 Å². The Bertz CT molecular complexity index is 1100. The Balaban J connectivity index is 1.95. The molecule has 1 saturated heterocycles. The van der Waals surface area contributed by atoms with E-state index in [2.05, 4.69) is 15.0 Å². The lowest BCUT2D eigenvalue weighted by Gasteiger charge is -2.23. The summed E-state index contributed by atoms with van der Waals surface area (Å²) < 4.78 is 76.9. The Labute approximate surface area is 196 Å². The van der Waals surface area contributed by atoms with Crippen molar-refractivity contribution in [2.75, 3.05) is 12.3 Å². The molecular weight excluding hydrogens is 482 g/mol. The summed E-state index contributed by atoms with van der Waals surface area (Å²) in [5, 5.41) is 0. The van der Waals surface area contributed by atoms with Gasteiger partial charge in [-0.2, -0.15) is 13.2 Å². The van der Waals surface area contributed by atoms with E-state index in [4.69, 9.17) is 24.7 Å². The SMILES string of the molecule is CC(C)C(=O)OC[C@H]1O[C@@H](n2cnc3c(N)nc(C(F)(F)F)nc32)C(F)C1OC(=O)OC(C)(C)C. The van der Waals surface area contributed by atoms with E-state index in [1.165, 1.54) is 0 Å². The van der Waals surface area contributed by atoms with Crippen LogP contribution in [0.4, 0.5) is 28.2 Å². The number of alkyl halides is 4. The molecule has 0 spiro atoms. The number of rotatable bonds is 5. The van der Waals surface area contributed by atoms with Gasteiger partial charge in [-0.05, 0) is 20.8 Å². The first-order valence-electron chi connectivity index (χ1n) is 10.5. The Kier molecular flexibility index (Phi) is 7.11. The molecule has 2 aromatic heterocycles. The number of fused-ring (bicyclic) bond motifs is 1. The fraction of sp³-hybridized carbons (Fsp3) is 0.650. The van der Waals surface area contributed by atoms with E-state index >= 15 is 4.39 Å². The summed E-state index contributed by atoms with van der Waals surface area (Å²) >= 11 is 0. The normalized spacial score (nSPS) is 23.0. The number of carbonyl (C=O) groups is 2. The van der Waals surface area contributed by atoms with Crippen LogP contribution in [0.2, 0.25) is 0 Å². The second kappa shape index (κ2) is 9.43. The van der Waals surface area contributed by atoms with Crippen LogP contribution in [-0.2, 0) is 29.9 Å². The maximum Gasteiger partial charge on any atom is 0.509 e. The minimum Gasteiger partial charge on any atom is -0.463 e. The van der Waals surface area contributed by atoms with Gasteiger partial charge in [-0.15, -0.1) is 0 Å². The molecule has 3 heterocycles. The average Bonchev–Trinajstić information content (AvgIpc) is 3.26. The molecule has 0 amide bonds. The minimum atomic E-state index is -4.93. The van der Waals surface area contributed by atoms with Crippen LogP contribution in [0, 0.1) is 5.92 Å². The van der Waals surface area contributed by atoms with E-state index in [-0.39, 0.29) is 5.52 Å². The molecule has 15 heteroatoms. The minimum absolute atomic E-state index is 0.215. The van der Waals surface area contributed by atoms with Gasteiger partial charge in [-0.1, -0.05) is 13.8 Å². The molecule has 0 aromatic carbocycles. The number of esters is 1. The van der Waals surface area contributed by atoms with Crippen LogP contribution in [0.25, 0.3) is 11.2 Å². The third-order valence-electron chi connectivity index (χ3n) is 4.73. The van der Waals surface area contributed by atoms with Crippen molar-refractivity contribution in [2.45, 2.75) is 71.0 Å².